The molecule has 0 saturated carbocycles. The quantitative estimate of drug-likeness (QED) is 0.237. The number of benzene rings is 2. The summed E-state index contributed by atoms with van der Waals surface area (Å²) >= 11 is 0. The van der Waals surface area contributed by atoms with Crippen molar-refractivity contribution in [2.45, 2.75) is 66.0 Å². The van der Waals surface area contributed by atoms with E-state index in [-0.39, 0.29) is 5.97 Å². The number of nitrogens with one attached hydrogen (secondary N) is 2. The number of anilines is 4. The molecule has 6 rings (SSSR count). The van der Waals surface area contributed by atoms with Crippen LogP contribution < -0.4 is 10.6 Å². The average molecular weight is 611 g/mol. The van der Waals surface area contributed by atoms with Crippen molar-refractivity contribution in [3.63, 3.8) is 0 Å². The van der Waals surface area contributed by atoms with E-state index in [2.05, 4.69) is 75.7 Å². The molecule has 2 N–H and O–H groups in total. The monoisotopic (exact) mass is 610 g/mol. The standard InChI is InChI=1S/C35H46N8O2/c1-23-8-7-9-24(2)31(23)38-32-29-19-36-34(39-33(29)41(6)40-32)37-28-11-10-26-14-17-43(21-27(26)18-28)20-25-12-15-42(16-13-25)22-30(44)45-35(3,4)5/h7-11,18-19,25H,12-17,20-22H2,1-6H3,(H,38,40)(H,36,37,39). The summed E-state index contributed by atoms with van der Waals surface area (Å²) < 4.78 is 7.31. The fourth-order valence-corrected chi connectivity index (χ4v) is 6.55. The van der Waals surface area contributed by atoms with E-state index in [9.17, 15) is 4.79 Å². The molecule has 10 heteroatoms. The number of rotatable bonds is 8. The lowest BCUT2D eigenvalue weighted by molar-refractivity contribution is -0.156. The summed E-state index contributed by atoms with van der Waals surface area (Å²) in [6.45, 7) is 15.4. The molecule has 2 aliphatic heterocycles. The highest BCUT2D eigenvalue weighted by Gasteiger charge is 2.26. The van der Waals surface area contributed by atoms with Gasteiger partial charge in [-0.25, -0.2) is 9.67 Å². The molecule has 45 heavy (non-hydrogen) atoms. The predicted molar refractivity (Wildman–Crippen MR) is 179 cm³/mol. The van der Waals surface area contributed by atoms with Crippen LogP contribution in [0.2, 0.25) is 0 Å². The SMILES string of the molecule is Cc1cccc(C)c1Nc1nn(C)c2nc(Nc3ccc4c(c3)CN(CC3CCN(CC(=O)OC(C)(C)C)CC3)CC4)ncc12. The Hall–Kier alpha value is -4.02. The number of para-hydroxylation sites is 1. The Bertz CT molecular complexity index is 1660. The van der Waals surface area contributed by atoms with Crippen LogP contribution in [-0.2, 0) is 29.5 Å². The number of likely N-dealkylation sites (tertiary alicyclic amines) is 1. The molecule has 2 aromatic carbocycles. The van der Waals surface area contributed by atoms with Crippen LogP contribution in [0, 0.1) is 19.8 Å². The summed E-state index contributed by atoms with van der Waals surface area (Å²) in [4.78, 5) is 26.5. The van der Waals surface area contributed by atoms with Gasteiger partial charge in [0.25, 0.3) is 0 Å². The van der Waals surface area contributed by atoms with Crippen LogP contribution >= 0.6 is 0 Å². The fourth-order valence-electron chi connectivity index (χ4n) is 6.55. The molecule has 1 fully saturated rings. The van der Waals surface area contributed by atoms with E-state index in [4.69, 9.17) is 14.8 Å². The Kier molecular flexibility index (Phi) is 8.79. The van der Waals surface area contributed by atoms with Crippen LogP contribution in [-0.4, -0.2) is 73.8 Å². The van der Waals surface area contributed by atoms with Crippen molar-refractivity contribution in [1.82, 2.24) is 29.5 Å². The summed E-state index contributed by atoms with van der Waals surface area (Å²) in [6.07, 6.45) is 5.13. The van der Waals surface area contributed by atoms with E-state index >= 15 is 0 Å². The van der Waals surface area contributed by atoms with Crippen molar-refractivity contribution >= 4 is 40.1 Å². The lowest BCUT2D eigenvalue weighted by atomic mass is 9.93. The van der Waals surface area contributed by atoms with Crippen LogP contribution in [0.4, 0.5) is 23.1 Å². The van der Waals surface area contributed by atoms with Crippen LogP contribution in [0.5, 0.6) is 0 Å². The van der Waals surface area contributed by atoms with Gasteiger partial charge in [-0.1, -0.05) is 24.3 Å². The summed E-state index contributed by atoms with van der Waals surface area (Å²) in [5.41, 5.74) is 7.48. The van der Waals surface area contributed by atoms with Gasteiger partial charge in [0, 0.05) is 44.3 Å². The number of esters is 1. The fraction of sp³-hybridized carbons (Fsp3) is 0.486. The van der Waals surface area contributed by atoms with Crippen molar-refractivity contribution < 1.29 is 9.53 Å². The Labute approximate surface area is 266 Å². The van der Waals surface area contributed by atoms with Crippen LogP contribution in [0.15, 0.2) is 42.6 Å². The first-order valence-corrected chi connectivity index (χ1v) is 16.1. The number of aromatic nitrogens is 4. The van der Waals surface area contributed by atoms with E-state index in [1.165, 1.54) is 22.3 Å². The maximum atomic E-state index is 12.2. The van der Waals surface area contributed by atoms with E-state index < -0.39 is 5.60 Å². The number of hydrogen-bond acceptors (Lipinski definition) is 9. The topological polar surface area (TPSA) is 100 Å². The first-order chi connectivity index (χ1) is 21.5. The van der Waals surface area contributed by atoms with Crippen molar-refractivity contribution in [2.75, 3.05) is 43.4 Å². The van der Waals surface area contributed by atoms with Gasteiger partial charge in [0.1, 0.15) is 5.60 Å². The van der Waals surface area contributed by atoms with Gasteiger partial charge in [0.05, 0.1) is 11.9 Å². The molecule has 238 valence electrons. The van der Waals surface area contributed by atoms with Gasteiger partial charge in [-0.15, -0.1) is 0 Å². The third kappa shape index (κ3) is 7.45. The maximum absolute atomic E-state index is 12.2. The van der Waals surface area contributed by atoms with Gasteiger partial charge in [0.15, 0.2) is 11.5 Å². The number of aryl methyl sites for hydroxylation is 3. The number of nitrogens with zero attached hydrogens (tertiary/aromatic N) is 6. The summed E-state index contributed by atoms with van der Waals surface area (Å²) in [5, 5.41) is 12.5. The van der Waals surface area contributed by atoms with Gasteiger partial charge in [-0.3, -0.25) is 14.6 Å². The smallest absolute Gasteiger partial charge is 0.320 e. The molecule has 4 aromatic rings. The van der Waals surface area contributed by atoms with Crippen molar-refractivity contribution in [3.8, 4) is 0 Å². The zero-order chi connectivity index (χ0) is 31.7. The molecule has 0 radical (unpaired) electrons. The number of hydrogen-bond donors (Lipinski definition) is 2. The van der Waals surface area contributed by atoms with E-state index in [1.54, 1.807) is 4.68 Å². The first kappa shape index (κ1) is 31.0. The summed E-state index contributed by atoms with van der Waals surface area (Å²) in [7, 11) is 1.91. The van der Waals surface area contributed by atoms with E-state index in [0.717, 1.165) is 80.2 Å². The number of carbonyl (C=O) groups is 1. The second-order valence-electron chi connectivity index (χ2n) is 13.7. The molecule has 0 spiro atoms. The molecule has 0 amide bonds. The third-order valence-corrected chi connectivity index (χ3v) is 8.85. The molecule has 10 nitrogen and oxygen atoms in total. The van der Waals surface area contributed by atoms with E-state index in [0.29, 0.717) is 18.4 Å². The average Bonchev–Trinajstić information content (AvgIpc) is 3.29. The molecule has 0 aliphatic carbocycles. The first-order valence-electron chi connectivity index (χ1n) is 16.1. The number of ether oxygens (including phenoxy) is 1. The zero-order valence-electron chi connectivity index (χ0n) is 27.5. The molecule has 0 unspecified atom stereocenters. The Morgan fingerprint density at radius 2 is 1.76 bits per heavy atom. The molecule has 1 saturated heterocycles. The zero-order valence-corrected chi connectivity index (χ0v) is 27.5. The minimum Gasteiger partial charge on any atom is -0.459 e. The highest BCUT2D eigenvalue weighted by Crippen LogP contribution is 2.30. The highest BCUT2D eigenvalue weighted by atomic mass is 16.6. The van der Waals surface area contributed by atoms with Crippen LogP contribution in [0.25, 0.3) is 11.0 Å². The lowest BCUT2D eigenvalue weighted by Gasteiger charge is -2.36. The number of piperidine rings is 1. The Balaban J connectivity index is 1.06. The molecule has 2 aromatic heterocycles. The molecular formula is C35H46N8O2. The Morgan fingerprint density at radius 1 is 1.00 bits per heavy atom. The minimum absolute atomic E-state index is 0.126. The largest absolute Gasteiger partial charge is 0.459 e. The summed E-state index contributed by atoms with van der Waals surface area (Å²) in [6, 6.07) is 12.9. The van der Waals surface area contributed by atoms with Gasteiger partial charge < -0.3 is 15.4 Å². The van der Waals surface area contributed by atoms with Gasteiger partial charge >= 0.3 is 5.97 Å². The summed E-state index contributed by atoms with van der Waals surface area (Å²) in [5.74, 6) is 1.82. The second kappa shape index (κ2) is 12.8. The molecule has 0 bridgehead atoms. The van der Waals surface area contributed by atoms with Crippen molar-refractivity contribution in [2.24, 2.45) is 13.0 Å². The normalized spacial score (nSPS) is 16.5. The van der Waals surface area contributed by atoms with Gasteiger partial charge in [-0.05, 0) is 107 Å². The minimum atomic E-state index is -0.432. The lowest BCUT2D eigenvalue weighted by Crippen LogP contribution is -2.43. The maximum Gasteiger partial charge on any atom is 0.320 e. The Morgan fingerprint density at radius 3 is 2.49 bits per heavy atom. The molecular weight excluding hydrogens is 564 g/mol. The van der Waals surface area contributed by atoms with E-state index in [1.807, 2.05) is 34.0 Å². The third-order valence-electron chi connectivity index (χ3n) is 8.85. The molecule has 0 atom stereocenters. The van der Waals surface area contributed by atoms with Crippen molar-refractivity contribution in [3.05, 3.63) is 64.8 Å². The van der Waals surface area contributed by atoms with Crippen molar-refractivity contribution in [1.29, 1.82) is 0 Å². The van der Waals surface area contributed by atoms with Crippen LogP contribution in [0.3, 0.4) is 0 Å². The predicted octanol–water partition coefficient (Wildman–Crippen LogP) is 5.88. The molecule has 4 heterocycles. The number of fused-ring (bicyclic) bond motifs is 2. The van der Waals surface area contributed by atoms with Gasteiger partial charge in [-0.2, -0.15) is 10.1 Å². The second-order valence-corrected chi connectivity index (χ2v) is 13.7. The highest BCUT2D eigenvalue weighted by molar-refractivity contribution is 5.90. The number of carbonyl (C=O) groups excluding carboxylic acids is 1. The van der Waals surface area contributed by atoms with Crippen LogP contribution in [0.1, 0.15) is 55.9 Å². The molecule has 2 aliphatic rings. The van der Waals surface area contributed by atoms with Gasteiger partial charge in [0.2, 0.25) is 5.95 Å².